The van der Waals surface area contributed by atoms with Crippen LogP contribution in [0.25, 0.3) is 10.9 Å². The van der Waals surface area contributed by atoms with Crippen molar-refractivity contribution in [2.75, 3.05) is 26.1 Å². The van der Waals surface area contributed by atoms with Crippen molar-refractivity contribution in [2.45, 2.75) is 82.7 Å². The van der Waals surface area contributed by atoms with Crippen LogP contribution in [-0.2, 0) is 25.5 Å². The third-order valence-corrected chi connectivity index (χ3v) is 11.9. The van der Waals surface area contributed by atoms with Crippen molar-refractivity contribution in [3.05, 3.63) is 70.9 Å². The highest BCUT2D eigenvalue weighted by Gasteiger charge is 2.51. The first-order valence-electron chi connectivity index (χ1n) is 18.0. The van der Waals surface area contributed by atoms with Gasteiger partial charge in [0.25, 0.3) is 5.91 Å². The lowest BCUT2D eigenvalue weighted by Crippen LogP contribution is -2.52. The van der Waals surface area contributed by atoms with E-state index in [9.17, 15) is 19.2 Å². The zero-order chi connectivity index (χ0) is 34.1. The fourth-order valence-corrected chi connectivity index (χ4v) is 10.2. The molecule has 3 aromatic rings. The molecule has 2 aromatic carbocycles. The van der Waals surface area contributed by atoms with Crippen LogP contribution in [-0.4, -0.2) is 65.7 Å². The van der Waals surface area contributed by atoms with Crippen molar-refractivity contribution in [1.82, 2.24) is 20.5 Å². The van der Waals surface area contributed by atoms with Crippen molar-refractivity contribution in [3.8, 4) is 0 Å². The molecule has 1 aliphatic heterocycles. The number of aromatic nitrogens is 1. The summed E-state index contributed by atoms with van der Waals surface area (Å²) in [5.74, 6) is 1.44. The van der Waals surface area contributed by atoms with Gasteiger partial charge in [-0.1, -0.05) is 30.3 Å². The van der Waals surface area contributed by atoms with Crippen molar-refractivity contribution in [2.24, 2.45) is 23.2 Å². The molecule has 3 amide bonds. The molecule has 1 aromatic heterocycles. The molecule has 0 radical (unpaired) electrons. The van der Waals surface area contributed by atoms with Crippen LogP contribution in [0.1, 0.15) is 97.4 Å². The highest BCUT2D eigenvalue weighted by molar-refractivity contribution is 6.27. The minimum Gasteiger partial charge on any atom is -0.467 e. The maximum absolute atomic E-state index is 13.2. The molecule has 9 nitrogen and oxygen atoms in total. The number of para-hydroxylation sites is 1. The second-order valence-electron chi connectivity index (χ2n) is 15.0. The van der Waals surface area contributed by atoms with Crippen LogP contribution < -0.4 is 10.6 Å². The van der Waals surface area contributed by atoms with Gasteiger partial charge in [0.2, 0.25) is 11.8 Å². The van der Waals surface area contributed by atoms with E-state index in [2.05, 4.69) is 15.6 Å². The van der Waals surface area contributed by atoms with Gasteiger partial charge in [-0.25, -0.2) is 4.79 Å². The monoisotopic (exact) mass is 686 g/mol. The Balaban J connectivity index is 0.921. The zero-order valence-corrected chi connectivity index (χ0v) is 29.0. The SMILES string of the molecule is COC(=O)[C@H]1Cc2c([nH]c3ccccc23)[C@H](c2ccc(C(=O)NCCCCCNC(=O)CC34CC5CC(CC(C5)C3)C4)cc2)N1C(=O)CCl. The van der Waals surface area contributed by atoms with Gasteiger partial charge in [0.15, 0.2) is 0 Å². The zero-order valence-electron chi connectivity index (χ0n) is 28.3. The Morgan fingerprint density at radius 1 is 0.898 bits per heavy atom. The highest BCUT2D eigenvalue weighted by Crippen LogP contribution is 2.61. The molecule has 5 aliphatic rings. The number of hydrogen-bond donors (Lipinski definition) is 3. The average molecular weight is 687 g/mol. The number of carbonyl (C=O) groups excluding carboxylic acids is 4. The van der Waals surface area contributed by atoms with Crippen LogP contribution in [0, 0.1) is 23.2 Å². The Morgan fingerprint density at radius 2 is 1.55 bits per heavy atom. The molecule has 3 N–H and O–H groups in total. The van der Waals surface area contributed by atoms with Gasteiger partial charge >= 0.3 is 5.97 Å². The lowest BCUT2D eigenvalue weighted by Gasteiger charge is -2.56. The molecule has 4 aliphatic carbocycles. The van der Waals surface area contributed by atoms with Crippen molar-refractivity contribution < 1.29 is 23.9 Å². The molecule has 0 unspecified atom stereocenters. The first-order chi connectivity index (χ1) is 23.8. The summed E-state index contributed by atoms with van der Waals surface area (Å²) in [6.07, 6.45) is 11.6. The van der Waals surface area contributed by atoms with Crippen LogP contribution in [0.15, 0.2) is 48.5 Å². The number of methoxy groups -OCH3 is 1. The number of halogens is 1. The smallest absolute Gasteiger partial charge is 0.328 e. The number of alkyl halides is 1. The van der Waals surface area contributed by atoms with Crippen LogP contribution >= 0.6 is 11.6 Å². The number of nitrogens with zero attached hydrogens (tertiary/aromatic N) is 1. The van der Waals surface area contributed by atoms with Gasteiger partial charge in [-0.2, -0.15) is 0 Å². The Morgan fingerprint density at radius 3 is 2.20 bits per heavy atom. The van der Waals surface area contributed by atoms with E-state index in [4.69, 9.17) is 16.3 Å². The van der Waals surface area contributed by atoms with Gasteiger partial charge in [-0.3, -0.25) is 14.4 Å². The largest absolute Gasteiger partial charge is 0.467 e. The van der Waals surface area contributed by atoms with Crippen LogP contribution in [0.3, 0.4) is 0 Å². The number of esters is 1. The number of rotatable bonds is 12. The number of unbranched alkanes of at least 4 members (excludes halogenated alkanes) is 2. The fraction of sp³-hybridized carbons (Fsp3) is 0.538. The summed E-state index contributed by atoms with van der Waals surface area (Å²) in [7, 11) is 1.32. The number of aromatic amines is 1. The van der Waals surface area contributed by atoms with Gasteiger partial charge < -0.3 is 25.3 Å². The summed E-state index contributed by atoms with van der Waals surface area (Å²) in [4.78, 5) is 57.0. The molecule has 8 rings (SSSR count). The molecule has 0 saturated heterocycles. The van der Waals surface area contributed by atoms with Gasteiger partial charge in [0.05, 0.1) is 13.2 Å². The Labute approximate surface area is 292 Å². The van der Waals surface area contributed by atoms with E-state index in [0.29, 0.717) is 31.5 Å². The lowest BCUT2D eigenvalue weighted by atomic mass is 9.49. The maximum atomic E-state index is 13.2. The number of fused-ring (bicyclic) bond motifs is 3. The maximum Gasteiger partial charge on any atom is 0.328 e. The molecular formula is C39H47ClN4O5. The molecule has 260 valence electrons. The number of H-pyrrole nitrogens is 1. The summed E-state index contributed by atoms with van der Waals surface area (Å²) in [5.41, 5.74) is 4.22. The molecule has 4 fully saturated rings. The third kappa shape index (κ3) is 6.83. The van der Waals surface area contributed by atoms with Crippen molar-refractivity contribution in [1.29, 1.82) is 0 Å². The number of benzene rings is 2. The second kappa shape index (κ2) is 14.2. The minimum atomic E-state index is -0.842. The number of nitrogens with one attached hydrogen (secondary N) is 3. The normalized spacial score (nSPS) is 26.7. The van der Waals surface area contributed by atoms with Crippen molar-refractivity contribution in [3.63, 3.8) is 0 Å². The van der Waals surface area contributed by atoms with Crippen molar-refractivity contribution >= 4 is 46.2 Å². The summed E-state index contributed by atoms with van der Waals surface area (Å²) in [6, 6.07) is 13.6. The number of carbonyl (C=O) groups is 4. The Bertz CT molecular complexity index is 1680. The van der Waals surface area contributed by atoms with Gasteiger partial charge in [0.1, 0.15) is 11.9 Å². The summed E-state index contributed by atoms with van der Waals surface area (Å²) in [5, 5.41) is 7.17. The summed E-state index contributed by atoms with van der Waals surface area (Å²) in [6.45, 7) is 1.22. The molecule has 4 saturated carbocycles. The summed E-state index contributed by atoms with van der Waals surface area (Å²) >= 11 is 6.06. The predicted octanol–water partition coefficient (Wildman–Crippen LogP) is 6.05. The Kier molecular flexibility index (Phi) is 9.73. The van der Waals surface area contributed by atoms with Crippen LogP contribution in [0.4, 0.5) is 0 Å². The number of hydrogen-bond acceptors (Lipinski definition) is 5. The molecule has 4 bridgehead atoms. The molecule has 2 atom stereocenters. The van der Waals surface area contributed by atoms with E-state index in [0.717, 1.165) is 64.7 Å². The summed E-state index contributed by atoms with van der Waals surface area (Å²) < 4.78 is 5.12. The first-order valence-corrected chi connectivity index (χ1v) is 18.5. The van der Waals surface area contributed by atoms with E-state index < -0.39 is 18.1 Å². The molecule has 0 spiro atoms. The fourth-order valence-electron chi connectivity index (χ4n) is 10.0. The molecule has 49 heavy (non-hydrogen) atoms. The minimum absolute atomic E-state index is 0.175. The van der Waals surface area contributed by atoms with Gasteiger partial charge in [0, 0.05) is 48.1 Å². The third-order valence-electron chi connectivity index (χ3n) is 11.7. The second-order valence-corrected chi connectivity index (χ2v) is 15.3. The molecule has 2 heterocycles. The first kappa shape index (κ1) is 33.6. The number of amides is 3. The average Bonchev–Trinajstić information content (AvgIpc) is 3.47. The highest BCUT2D eigenvalue weighted by atomic mass is 35.5. The van der Waals surface area contributed by atoms with Crippen LogP contribution in [0.2, 0.25) is 0 Å². The van der Waals surface area contributed by atoms with Crippen LogP contribution in [0.5, 0.6) is 0 Å². The molecule has 10 heteroatoms. The quantitative estimate of drug-likeness (QED) is 0.122. The number of ether oxygens (including phenoxy) is 1. The predicted molar refractivity (Wildman–Crippen MR) is 188 cm³/mol. The van der Waals surface area contributed by atoms with E-state index >= 15 is 0 Å². The van der Waals surface area contributed by atoms with Gasteiger partial charge in [-0.15, -0.1) is 11.6 Å². The van der Waals surface area contributed by atoms with E-state index in [1.807, 2.05) is 36.4 Å². The van der Waals surface area contributed by atoms with E-state index in [-0.39, 0.29) is 29.0 Å². The topological polar surface area (TPSA) is 121 Å². The van der Waals surface area contributed by atoms with E-state index in [1.54, 1.807) is 12.1 Å². The Hall–Kier alpha value is -3.85. The standard InChI is InChI=1S/C39H47ClN4O5/c1-49-38(48)32-18-30-29-7-3-4-8-31(29)43-35(30)36(44(32)34(46)23-40)27-9-11-28(12-10-27)37(47)42-14-6-2-5-13-41-33(45)22-39-19-24-15-25(20-39)17-26(16-24)21-39/h3-4,7-12,24-26,32,36,43H,2,5-6,13-23H2,1H3,(H,41,45)(H,42,47)/t24?,25?,26?,32-,36+,39?/m1/s1. The van der Waals surface area contributed by atoms with E-state index in [1.165, 1.54) is 50.5 Å². The lowest BCUT2D eigenvalue weighted by molar-refractivity contribution is -0.154. The van der Waals surface area contributed by atoms with Gasteiger partial charge in [-0.05, 0) is 110 Å². The molecular weight excluding hydrogens is 640 g/mol.